The van der Waals surface area contributed by atoms with Crippen LogP contribution in [0.15, 0.2) is 16.7 Å². The molecule has 0 amide bonds. The number of fused-ring (bicyclic) bond motifs is 1. The second kappa shape index (κ2) is 4.97. The SMILES string of the molecule is CCC1CCNC(c2nc3ncc(Br)cc3[nH]2)C1. The second-order valence-corrected chi connectivity index (χ2v) is 5.87. The number of hydrogen-bond donors (Lipinski definition) is 2. The van der Waals surface area contributed by atoms with Gasteiger partial charge in [-0.3, -0.25) is 0 Å². The van der Waals surface area contributed by atoms with Gasteiger partial charge in [-0.15, -0.1) is 0 Å². The molecule has 0 aromatic carbocycles. The zero-order chi connectivity index (χ0) is 12.5. The molecule has 3 rings (SSSR count). The Morgan fingerprint density at radius 3 is 3.22 bits per heavy atom. The summed E-state index contributed by atoms with van der Waals surface area (Å²) in [7, 11) is 0. The number of halogens is 1. The van der Waals surface area contributed by atoms with Crippen LogP contribution in [0.1, 0.15) is 38.1 Å². The molecule has 1 aliphatic rings. The monoisotopic (exact) mass is 308 g/mol. The third-order valence-corrected chi connectivity index (χ3v) is 4.18. The van der Waals surface area contributed by atoms with Crippen LogP contribution in [-0.2, 0) is 0 Å². The van der Waals surface area contributed by atoms with Crippen LogP contribution in [0.25, 0.3) is 11.2 Å². The fourth-order valence-corrected chi connectivity index (χ4v) is 2.96. The number of aromatic amines is 1. The predicted octanol–water partition coefficient (Wildman–Crippen LogP) is 3.17. The molecule has 0 radical (unpaired) electrons. The first-order valence-electron chi connectivity index (χ1n) is 6.51. The number of piperidine rings is 1. The van der Waals surface area contributed by atoms with E-state index in [1.807, 2.05) is 6.07 Å². The molecule has 0 saturated carbocycles. The Balaban J connectivity index is 1.89. The van der Waals surface area contributed by atoms with E-state index in [4.69, 9.17) is 0 Å². The van der Waals surface area contributed by atoms with Crippen molar-refractivity contribution < 1.29 is 0 Å². The number of nitrogens with zero attached hydrogens (tertiary/aromatic N) is 2. The third-order valence-electron chi connectivity index (χ3n) is 3.74. The molecule has 2 N–H and O–H groups in total. The first-order chi connectivity index (χ1) is 8.76. The zero-order valence-corrected chi connectivity index (χ0v) is 12.0. The largest absolute Gasteiger partial charge is 0.339 e. The molecule has 0 aliphatic carbocycles. The van der Waals surface area contributed by atoms with E-state index in [-0.39, 0.29) is 0 Å². The standard InChI is InChI=1S/C13H17BrN4/c1-2-8-3-4-15-10(5-8)13-17-11-6-9(14)7-16-12(11)18-13/h6-8,10,15H,2-5H2,1H3,(H,16,17,18). The minimum atomic E-state index is 0.344. The van der Waals surface area contributed by atoms with E-state index in [0.29, 0.717) is 6.04 Å². The lowest BCUT2D eigenvalue weighted by molar-refractivity contribution is 0.292. The Kier molecular flexibility index (Phi) is 3.35. The molecule has 1 aliphatic heterocycles. The highest BCUT2D eigenvalue weighted by atomic mass is 79.9. The number of aromatic nitrogens is 3. The van der Waals surface area contributed by atoms with Gasteiger partial charge >= 0.3 is 0 Å². The first-order valence-corrected chi connectivity index (χ1v) is 7.30. The van der Waals surface area contributed by atoms with Crippen molar-refractivity contribution in [2.45, 2.75) is 32.2 Å². The highest BCUT2D eigenvalue weighted by Gasteiger charge is 2.24. The molecule has 4 nitrogen and oxygen atoms in total. The smallest absolute Gasteiger partial charge is 0.177 e. The lowest BCUT2D eigenvalue weighted by atomic mass is 9.90. The summed E-state index contributed by atoms with van der Waals surface area (Å²) < 4.78 is 0.980. The average Bonchev–Trinajstić information content (AvgIpc) is 2.81. The Morgan fingerprint density at radius 1 is 1.50 bits per heavy atom. The number of nitrogens with one attached hydrogen (secondary N) is 2. The molecule has 1 fully saturated rings. The number of pyridine rings is 1. The maximum atomic E-state index is 4.60. The summed E-state index contributed by atoms with van der Waals surface area (Å²) in [5, 5.41) is 3.54. The van der Waals surface area contributed by atoms with E-state index in [0.717, 1.165) is 40.3 Å². The molecule has 2 atom stereocenters. The summed E-state index contributed by atoms with van der Waals surface area (Å²) in [5.41, 5.74) is 1.80. The number of rotatable bonds is 2. The molecule has 0 spiro atoms. The normalized spacial score (nSPS) is 24.6. The van der Waals surface area contributed by atoms with Gasteiger partial charge in [-0.1, -0.05) is 13.3 Å². The van der Waals surface area contributed by atoms with Gasteiger partial charge in [0.2, 0.25) is 0 Å². The molecule has 3 heterocycles. The van der Waals surface area contributed by atoms with Crippen LogP contribution in [0.2, 0.25) is 0 Å². The van der Waals surface area contributed by atoms with E-state index in [2.05, 4.69) is 43.1 Å². The maximum Gasteiger partial charge on any atom is 0.177 e. The summed E-state index contributed by atoms with van der Waals surface area (Å²) in [6.07, 6.45) is 5.48. The predicted molar refractivity (Wildman–Crippen MR) is 75.3 cm³/mol. The van der Waals surface area contributed by atoms with E-state index < -0.39 is 0 Å². The van der Waals surface area contributed by atoms with Crippen molar-refractivity contribution in [3.05, 3.63) is 22.6 Å². The van der Waals surface area contributed by atoms with Crippen molar-refractivity contribution in [1.82, 2.24) is 20.3 Å². The van der Waals surface area contributed by atoms with Gasteiger partial charge in [-0.05, 0) is 47.3 Å². The molecule has 1 saturated heterocycles. The van der Waals surface area contributed by atoms with Crippen LogP contribution in [0.4, 0.5) is 0 Å². The van der Waals surface area contributed by atoms with Crippen molar-refractivity contribution in [3.63, 3.8) is 0 Å². The molecule has 96 valence electrons. The van der Waals surface area contributed by atoms with Crippen LogP contribution in [0, 0.1) is 5.92 Å². The molecule has 2 unspecified atom stereocenters. The van der Waals surface area contributed by atoms with Gasteiger partial charge in [0.15, 0.2) is 5.65 Å². The molecular weight excluding hydrogens is 292 g/mol. The Morgan fingerprint density at radius 2 is 2.39 bits per heavy atom. The summed E-state index contributed by atoms with van der Waals surface area (Å²) >= 11 is 3.43. The first kappa shape index (κ1) is 12.1. The summed E-state index contributed by atoms with van der Waals surface area (Å²) in [6, 6.07) is 2.37. The summed E-state index contributed by atoms with van der Waals surface area (Å²) in [5.74, 6) is 1.83. The van der Waals surface area contributed by atoms with Crippen molar-refractivity contribution >= 4 is 27.1 Å². The number of imidazole rings is 1. The average molecular weight is 309 g/mol. The highest BCUT2D eigenvalue weighted by molar-refractivity contribution is 9.10. The molecule has 2 aromatic rings. The van der Waals surface area contributed by atoms with Crippen molar-refractivity contribution in [1.29, 1.82) is 0 Å². The fourth-order valence-electron chi connectivity index (χ4n) is 2.63. The molecular formula is C13H17BrN4. The van der Waals surface area contributed by atoms with Gasteiger partial charge in [0.1, 0.15) is 5.82 Å². The van der Waals surface area contributed by atoms with E-state index >= 15 is 0 Å². The van der Waals surface area contributed by atoms with Gasteiger partial charge in [0, 0.05) is 10.7 Å². The van der Waals surface area contributed by atoms with E-state index in [9.17, 15) is 0 Å². The molecule has 18 heavy (non-hydrogen) atoms. The fraction of sp³-hybridized carbons (Fsp3) is 0.538. The van der Waals surface area contributed by atoms with Crippen LogP contribution in [-0.4, -0.2) is 21.5 Å². The zero-order valence-electron chi connectivity index (χ0n) is 10.4. The third kappa shape index (κ3) is 2.29. The van der Waals surface area contributed by atoms with E-state index in [1.165, 1.54) is 12.8 Å². The van der Waals surface area contributed by atoms with Crippen LogP contribution < -0.4 is 5.32 Å². The van der Waals surface area contributed by atoms with Crippen molar-refractivity contribution in [3.8, 4) is 0 Å². The van der Waals surface area contributed by atoms with E-state index in [1.54, 1.807) is 6.20 Å². The Labute approximate surface area is 115 Å². The number of H-pyrrole nitrogens is 1. The Hall–Kier alpha value is -0.940. The van der Waals surface area contributed by atoms with Crippen molar-refractivity contribution in [2.24, 2.45) is 5.92 Å². The highest BCUT2D eigenvalue weighted by Crippen LogP contribution is 2.28. The maximum absolute atomic E-state index is 4.60. The number of hydrogen-bond acceptors (Lipinski definition) is 3. The lowest BCUT2D eigenvalue weighted by Gasteiger charge is -2.28. The van der Waals surface area contributed by atoms with Gasteiger partial charge in [-0.25, -0.2) is 9.97 Å². The van der Waals surface area contributed by atoms with Crippen LogP contribution >= 0.6 is 15.9 Å². The minimum absolute atomic E-state index is 0.344. The van der Waals surface area contributed by atoms with Gasteiger partial charge < -0.3 is 10.3 Å². The second-order valence-electron chi connectivity index (χ2n) is 4.95. The lowest BCUT2D eigenvalue weighted by Crippen LogP contribution is -2.32. The van der Waals surface area contributed by atoms with Gasteiger partial charge in [0.25, 0.3) is 0 Å². The minimum Gasteiger partial charge on any atom is -0.339 e. The quantitative estimate of drug-likeness (QED) is 0.896. The molecule has 2 aromatic heterocycles. The van der Waals surface area contributed by atoms with Crippen molar-refractivity contribution in [2.75, 3.05) is 6.54 Å². The van der Waals surface area contributed by atoms with Gasteiger partial charge in [-0.2, -0.15) is 0 Å². The summed E-state index contributed by atoms with van der Waals surface area (Å²) in [4.78, 5) is 12.3. The van der Waals surface area contributed by atoms with Crippen LogP contribution in [0.5, 0.6) is 0 Å². The molecule has 5 heteroatoms. The Bertz CT molecular complexity index is 551. The summed E-state index contributed by atoms with van der Waals surface area (Å²) in [6.45, 7) is 3.35. The molecule has 0 bridgehead atoms. The van der Waals surface area contributed by atoms with Gasteiger partial charge in [0.05, 0.1) is 11.6 Å². The van der Waals surface area contributed by atoms with Crippen LogP contribution in [0.3, 0.4) is 0 Å². The topological polar surface area (TPSA) is 53.6 Å².